The summed E-state index contributed by atoms with van der Waals surface area (Å²) in [4.78, 5) is 12.6. The number of rotatable bonds is 11. The van der Waals surface area contributed by atoms with E-state index in [1.165, 1.54) is 0 Å². The lowest BCUT2D eigenvalue weighted by Gasteiger charge is -2.15. The Morgan fingerprint density at radius 3 is 2.63 bits per heavy atom. The molecule has 0 radical (unpaired) electrons. The largest absolute Gasteiger partial charge is 0.490 e. The first-order chi connectivity index (χ1) is 12.6. The molecule has 0 fully saturated rings. The summed E-state index contributed by atoms with van der Waals surface area (Å²) in [5.74, 6) is 0.505. The number of halogens is 2. The molecule has 0 saturated carbocycles. The van der Waals surface area contributed by atoms with E-state index in [2.05, 4.69) is 12.2 Å². The van der Waals surface area contributed by atoms with Gasteiger partial charge in [0.25, 0.3) is 0 Å². The SMILES string of the molecule is CCCNCC(O)COc1ccccc1C(=O)CCc1ccccc1Cl.Cl. The average molecular weight is 412 g/mol. The van der Waals surface area contributed by atoms with Crippen molar-refractivity contribution in [2.45, 2.75) is 32.3 Å². The van der Waals surface area contributed by atoms with Crippen LogP contribution >= 0.6 is 24.0 Å². The quantitative estimate of drug-likeness (QED) is 0.427. The number of ether oxygens (including phenoxy) is 1. The number of nitrogens with one attached hydrogen (secondary N) is 1. The van der Waals surface area contributed by atoms with Crippen LogP contribution < -0.4 is 10.1 Å². The van der Waals surface area contributed by atoms with Gasteiger partial charge in [0.15, 0.2) is 5.78 Å². The summed E-state index contributed by atoms with van der Waals surface area (Å²) in [6.07, 6.45) is 1.32. The van der Waals surface area contributed by atoms with Gasteiger partial charge in [-0.2, -0.15) is 0 Å². The van der Waals surface area contributed by atoms with Crippen LogP contribution in [0.25, 0.3) is 0 Å². The monoisotopic (exact) mass is 411 g/mol. The average Bonchev–Trinajstić information content (AvgIpc) is 2.66. The number of carbonyl (C=O) groups excluding carboxylic acids is 1. The molecular formula is C21H27Cl2NO3. The third kappa shape index (κ3) is 7.89. The Morgan fingerprint density at radius 1 is 1.19 bits per heavy atom. The molecule has 0 spiro atoms. The van der Waals surface area contributed by atoms with Crippen LogP contribution in [-0.2, 0) is 6.42 Å². The van der Waals surface area contributed by atoms with Crippen LogP contribution in [0.1, 0.15) is 35.7 Å². The summed E-state index contributed by atoms with van der Waals surface area (Å²) in [6.45, 7) is 3.54. The molecular weight excluding hydrogens is 385 g/mol. The minimum absolute atomic E-state index is 0. The number of Topliss-reactive ketones (excluding diaryl/α,β-unsaturated/α-hetero) is 1. The van der Waals surface area contributed by atoms with Gasteiger partial charge in [0, 0.05) is 18.0 Å². The molecule has 2 aromatic carbocycles. The van der Waals surface area contributed by atoms with Gasteiger partial charge in [0.1, 0.15) is 18.5 Å². The number of hydrogen-bond acceptors (Lipinski definition) is 4. The van der Waals surface area contributed by atoms with Gasteiger partial charge in [-0.1, -0.05) is 48.9 Å². The first-order valence-electron chi connectivity index (χ1n) is 8.99. The molecule has 2 N–H and O–H groups in total. The Balaban J connectivity index is 0.00000364. The minimum atomic E-state index is -0.618. The Hall–Kier alpha value is -1.59. The molecule has 2 aromatic rings. The van der Waals surface area contributed by atoms with Gasteiger partial charge in [-0.3, -0.25) is 4.79 Å². The molecule has 2 rings (SSSR count). The van der Waals surface area contributed by atoms with Crippen molar-refractivity contribution in [2.24, 2.45) is 0 Å². The second-order valence-corrected chi connectivity index (χ2v) is 6.59. The highest BCUT2D eigenvalue weighted by Gasteiger charge is 2.14. The molecule has 0 aliphatic carbocycles. The summed E-state index contributed by atoms with van der Waals surface area (Å²) >= 11 is 6.15. The number of ketones is 1. The molecule has 4 nitrogen and oxygen atoms in total. The van der Waals surface area contributed by atoms with E-state index in [0.29, 0.717) is 35.7 Å². The number of carbonyl (C=O) groups is 1. The van der Waals surface area contributed by atoms with Gasteiger partial charge >= 0.3 is 0 Å². The summed E-state index contributed by atoms with van der Waals surface area (Å²) in [7, 11) is 0. The van der Waals surface area contributed by atoms with E-state index in [4.69, 9.17) is 16.3 Å². The highest BCUT2D eigenvalue weighted by atomic mass is 35.5. The lowest BCUT2D eigenvalue weighted by molar-refractivity contribution is 0.0950. The number of aliphatic hydroxyl groups is 1. The van der Waals surface area contributed by atoms with E-state index in [9.17, 15) is 9.90 Å². The highest BCUT2D eigenvalue weighted by Crippen LogP contribution is 2.22. The molecule has 0 amide bonds. The molecule has 0 heterocycles. The number of benzene rings is 2. The molecule has 1 atom stereocenters. The van der Waals surface area contributed by atoms with Gasteiger partial charge < -0.3 is 15.2 Å². The van der Waals surface area contributed by atoms with Crippen molar-refractivity contribution in [3.8, 4) is 5.75 Å². The lowest BCUT2D eigenvalue weighted by atomic mass is 10.0. The van der Waals surface area contributed by atoms with Crippen molar-refractivity contribution in [1.82, 2.24) is 5.32 Å². The normalized spacial score (nSPS) is 11.5. The maximum absolute atomic E-state index is 12.6. The van der Waals surface area contributed by atoms with Gasteiger partial charge in [0.2, 0.25) is 0 Å². The zero-order chi connectivity index (χ0) is 18.8. The zero-order valence-corrected chi connectivity index (χ0v) is 17.1. The van der Waals surface area contributed by atoms with Crippen LogP contribution in [0.4, 0.5) is 0 Å². The second kappa shape index (κ2) is 12.7. The van der Waals surface area contributed by atoms with Crippen LogP contribution in [-0.4, -0.2) is 36.7 Å². The van der Waals surface area contributed by atoms with Crippen molar-refractivity contribution >= 4 is 29.8 Å². The smallest absolute Gasteiger partial charge is 0.166 e. The van der Waals surface area contributed by atoms with E-state index < -0.39 is 6.10 Å². The Morgan fingerprint density at radius 2 is 1.89 bits per heavy atom. The van der Waals surface area contributed by atoms with Gasteiger partial charge in [-0.05, 0) is 43.1 Å². The van der Waals surface area contributed by atoms with Crippen molar-refractivity contribution in [2.75, 3.05) is 19.7 Å². The van der Waals surface area contributed by atoms with Crippen LogP contribution in [0.2, 0.25) is 5.02 Å². The van der Waals surface area contributed by atoms with Gasteiger partial charge in [-0.25, -0.2) is 0 Å². The molecule has 0 saturated heterocycles. The molecule has 1 unspecified atom stereocenters. The third-order valence-corrected chi connectivity index (χ3v) is 4.37. The van der Waals surface area contributed by atoms with E-state index in [0.717, 1.165) is 18.5 Å². The first-order valence-corrected chi connectivity index (χ1v) is 9.36. The summed E-state index contributed by atoms with van der Waals surface area (Å²) in [5, 5.41) is 13.8. The van der Waals surface area contributed by atoms with Gasteiger partial charge in [0.05, 0.1) is 5.56 Å². The first kappa shape index (κ1) is 23.4. The van der Waals surface area contributed by atoms with Crippen LogP contribution in [0, 0.1) is 0 Å². The Bertz CT molecular complexity index is 709. The molecule has 6 heteroatoms. The number of hydrogen-bond donors (Lipinski definition) is 2. The summed E-state index contributed by atoms with van der Waals surface area (Å²) in [5.41, 5.74) is 1.49. The van der Waals surface area contributed by atoms with Gasteiger partial charge in [-0.15, -0.1) is 12.4 Å². The van der Waals surface area contributed by atoms with E-state index in [1.807, 2.05) is 36.4 Å². The minimum Gasteiger partial charge on any atom is -0.490 e. The van der Waals surface area contributed by atoms with Crippen LogP contribution in [0.3, 0.4) is 0 Å². The number of aryl methyl sites for hydroxylation is 1. The van der Waals surface area contributed by atoms with Crippen molar-refractivity contribution in [3.05, 3.63) is 64.7 Å². The number of aliphatic hydroxyl groups excluding tert-OH is 1. The third-order valence-electron chi connectivity index (χ3n) is 4.00. The summed E-state index contributed by atoms with van der Waals surface area (Å²) in [6, 6.07) is 14.7. The molecule has 0 aromatic heterocycles. The van der Waals surface area contributed by atoms with Crippen molar-refractivity contribution in [1.29, 1.82) is 0 Å². The topological polar surface area (TPSA) is 58.6 Å². The molecule has 0 bridgehead atoms. The fraction of sp³-hybridized carbons (Fsp3) is 0.381. The van der Waals surface area contributed by atoms with Crippen LogP contribution in [0.15, 0.2) is 48.5 Å². The maximum atomic E-state index is 12.6. The zero-order valence-electron chi connectivity index (χ0n) is 15.5. The Labute approximate surface area is 172 Å². The molecule has 0 aliphatic heterocycles. The van der Waals surface area contributed by atoms with Crippen molar-refractivity contribution in [3.63, 3.8) is 0 Å². The highest BCUT2D eigenvalue weighted by molar-refractivity contribution is 6.31. The Kier molecular flexibility index (Phi) is 11.1. The summed E-state index contributed by atoms with van der Waals surface area (Å²) < 4.78 is 5.69. The lowest BCUT2D eigenvalue weighted by Crippen LogP contribution is -2.32. The molecule has 0 aliphatic rings. The molecule has 27 heavy (non-hydrogen) atoms. The fourth-order valence-electron chi connectivity index (χ4n) is 2.60. The maximum Gasteiger partial charge on any atom is 0.166 e. The van der Waals surface area contributed by atoms with Crippen LogP contribution in [0.5, 0.6) is 5.75 Å². The van der Waals surface area contributed by atoms with Crippen molar-refractivity contribution < 1.29 is 14.6 Å². The predicted molar refractivity (Wildman–Crippen MR) is 112 cm³/mol. The second-order valence-electron chi connectivity index (χ2n) is 6.18. The van der Waals surface area contributed by atoms with E-state index in [1.54, 1.807) is 12.1 Å². The fourth-order valence-corrected chi connectivity index (χ4v) is 2.83. The van der Waals surface area contributed by atoms with E-state index in [-0.39, 0.29) is 24.8 Å². The predicted octanol–water partition coefficient (Wildman–Crippen LogP) is 4.32. The standard InChI is InChI=1S/C21H26ClNO3.ClH/c1-2-13-23-14-17(24)15-26-21-10-6-4-8-18(21)20(25)12-11-16-7-3-5-9-19(16)22;/h3-10,17,23-24H,2,11-15H2,1H3;1H. The number of para-hydroxylation sites is 1. The molecule has 148 valence electrons. The van der Waals surface area contributed by atoms with E-state index >= 15 is 0 Å².